The molecule has 1 aromatic heterocycles. The quantitative estimate of drug-likeness (QED) is 0.813. The SMILES string of the molecule is CC(N)Cc1nn(C)c2c(F)cccc12. The van der Waals surface area contributed by atoms with Crippen LogP contribution in [0, 0.1) is 5.82 Å². The molecule has 1 unspecified atom stereocenters. The molecule has 1 heterocycles. The summed E-state index contributed by atoms with van der Waals surface area (Å²) in [7, 11) is 1.75. The summed E-state index contributed by atoms with van der Waals surface area (Å²) in [6.45, 7) is 1.92. The average Bonchev–Trinajstić information content (AvgIpc) is 2.44. The molecule has 2 rings (SSSR count). The maximum Gasteiger partial charge on any atom is 0.149 e. The number of para-hydroxylation sites is 1. The molecular weight excluding hydrogens is 193 g/mol. The van der Waals surface area contributed by atoms with Gasteiger partial charge in [-0.05, 0) is 13.0 Å². The van der Waals surface area contributed by atoms with E-state index in [0.717, 1.165) is 11.1 Å². The molecule has 0 aliphatic heterocycles. The van der Waals surface area contributed by atoms with E-state index in [1.54, 1.807) is 17.8 Å². The number of benzene rings is 1. The van der Waals surface area contributed by atoms with Gasteiger partial charge in [0.05, 0.1) is 5.69 Å². The Hall–Kier alpha value is -1.42. The van der Waals surface area contributed by atoms with Crippen LogP contribution in [0.3, 0.4) is 0 Å². The fourth-order valence-electron chi connectivity index (χ4n) is 1.82. The molecule has 1 atom stereocenters. The van der Waals surface area contributed by atoms with Crippen LogP contribution < -0.4 is 5.73 Å². The second-order valence-electron chi connectivity index (χ2n) is 3.89. The van der Waals surface area contributed by atoms with Gasteiger partial charge in [-0.3, -0.25) is 4.68 Å². The molecule has 3 nitrogen and oxygen atoms in total. The third kappa shape index (κ3) is 1.72. The minimum atomic E-state index is -0.238. The average molecular weight is 207 g/mol. The molecule has 4 heteroatoms. The number of rotatable bonds is 2. The zero-order chi connectivity index (χ0) is 11.0. The van der Waals surface area contributed by atoms with E-state index >= 15 is 0 Å². The molecule has 80 valence electrons. The largest absolute Gasteiger partial charge is 0.328 e. The zero-order valence-corrected chi connectivity index (χ0v) is 8.87. The first-order valence-corrected chi connectivity index (χ1v) is 4.95. The Morgan fingerprint density at radius 3 is 2.93 bits per heavy atom. The molecule has 2 N–H and O–H groups in total. The summed E-state index contributed by atoms with van der Waals surface area (Å²) >= 11 is 0. The van der Waals surface area contributed by atoms with Crippen molar-refractivity contribution < 1.29 is 4.39 Å². The molecule has 0 saturated carbocycles. The predicted octanol–water partition coefficient (Wildman–Crippen LogP) is 1.60. The van der Waals surface area contributed by atoms with E-state index in [4.69, 9.17) is 5.73 Å². The third-order valence-electron chi connectivity index (χ3n) is 2.41. The number of hydrogen-bond donors (Lipinski definition) is 1. The molecule has 0 saturated heterocycles. The summed E-state index contributed by atoms with van der Waals surface area (Å²) in [5, 5.41) is 5.14. The van der Waals surface area contributed by atoms with Gasteiger partial charge in [-0.2, -0.15) is 5.10 Å². The van der Waals surface area contributed by atoms with Crippen molar-refractivity contribution in [3.63, 3.8) is 0 Å². The minimum absolute atomic E-state index is 0.0337. The first-order chi connectivity index (χ1) is 7.09. The molecule has 0 radical (unpaired) electrons. The number of halogens is 1. The van der Waals surface area contributed by atoms with Crippen molar-refractivity contribution in [1.29, 1.82) is 0 Å². The van der Waals surface area contributed by atoms with Crippen LogP contribution >= 0.6 is 0 Å². The van der Waals surface area contributed by atoms with Crippen LogP contribution in [0.15, 0.2) is 18.2 Å². The molecule has 0 bridgehead atoms. The maximum absolute atomic E-state index is 13.5. The summed E-state index contributed by atoms with van der Waals surface area (Å²) in [5.74, 6) is -0.238. The molecule has 0 aliphatic rings. The predicted molar refractivity (Wildman–Crippen MR) is 58.0 cm³/mol. The highest BCUT2D eigenvalue weighted by atomic mass is 19.1. The lowest BCUT2D eigenvalue weighted by Crippen LogP contribution is -2.18. The second-order valence-corrected chi connectivity index (χ2v) is 3.89. The van der Waals surface area contributed by atoms with Crippen molar-refractivity contribution in [2.45, 2.75) is 19.4 Å². The van der Waals surface area contributed by atoms with Gasteiger partial charge in [-0.1, -0.05) is 12.1 Å². The molecule has 0 fully saturated rings. The highest BCUT2D eigenvalue weighted by molar-refractivity contribution is 5.82. The Kier molecular flexibility index (Phi) is 2.44. The van der Waals surface area contributed by atoms with Crippen LogP contribution in [0.1, 0.15) is 12.6 Å². The van der Waals surface area contributed by atoms with Gasteiger partial charge >= 0.3 is 0 Å². The normalized spacial score (nSPS) is 13.3. The number of aromatic nitrogens is 2. The molecule has 0 amide bonds. The summed E-state index contributed by atoms with van der Waals surface area (Å²) in [6.07, 6.45) is 0.667. The zero-order valence-electron chi connectivity index (χ0n) is 8.87. The molecular formula is C11H14FN3. The Labute approximate surface area is 87.7 Å². The summed E-state index contributed by atoms with van der Waals surface area (Å²) in [5.41, 5.74) is 7.13. The molecule has 15 heavy (non-hydrogen) atoms. The van der Waals surface area contributed by atoms with Crippen molar-refractivity contribution in [2.24, 2.45) is 12.8 Å². The number of aryl methyl sites for hydroxylation is 1. The Balaban J connectivity index is 2.63. The third-order valence-corrected chi connectivity index (χ3v) is 2.41. The van der Waals surface area contributed by atoms with Gasteiger partial charge in [0.1, 0.15) is 11.3 Å². The topological polar surface area (TPSA) is 43.8 Å². The van der Waals surface area contributed by atoms with E-state index in [0.29, 0.717) is 11.9 Å². The number of hydrogen-bond acceptors (Lipinski definition) is 2. The van der Waals surface area contributed by atoms with Crippen molar-refractivity contribution >= 4 is 10.9 Å². The lowest BCUT2D eigenvalue weighted by atomic mass is 10.1. The molecule has 0 aliphatic carbocycles. The molecule has 1 aromatic carbocycles. The van der Waals surface area contributed by atoms with Gasteiger partial charge in [0.2, 0.25) is 0 Å². The summed E-state index contributed by atoms with van der Waals surface area (Å²) in [4.78, 5) is 0. The lowest BCUT2D eigenvalue weighted by Gasteiger charge is -2.00. The highest BCUT2D eigenvalue weighted by Crippen LogP contribution is 2.21. The smallest absolute Gasteiger partial charge is 0.149 e. The fraction of sp³-hybridized carbons (Fsp3) is 0.364. The molecule has 2 aromatic rings. The van der Waals surface area contributed by atoms with Crippen molar-refractivity contribution in [1.82, 2.24) is 9.78 Å². The fourth-order valence-corrected chi connectivity index (χ4v) is 1.82. The van der Waals surface area contributed by atoms with Crippen LogP contribution in [0.2, 0.25) is 0 Å². The van der Waals surface area contributed by atoms with E-state index < -0.39 is 0 Å². The van der Waals surface area contributed by atoms with Crippen LogP contribution in [0.25, 0.3) is 10.9 Å². The van der Waals surface area contributed by atoms with Crippen LogP contribution in [-0.2, 0) is 13.5 Å². The van der Waals surface area contributed by atoms with Gasteiger partial charge in [0, 0.05) is 24.9 Å². The van der Waals surface area contributed by atoms with Crippen molar-refractivity contribution in [3.05, 3.63) is 29.7 Å². The van der Waals surface area contributed by atoms with Crippen molar-refractivity contribution in [2.75, 3.05) is 0 Å². The highest BCUT2D eigenvalue weighted by Gasteiger charge is 2.12. The van der Waals surface area contributed by atoms with Gasteiger partial charge in [-0.25, -0.2) is 4.39 Å². The Morgan fingerprint density at radius 2 is 2.27 bits per heavy atom. The first-order valence-electron chi connectivity index (χ1n) is 4.95. The van der Waals surface area contributed by atoms with E-state index in [1.165, 1.54) is 6.07 Å². The maximum atomic E-state index is 13.5. The van der Waals surface area contributed by atoms with E-state index in [9.17, 15) is 4.39 Å². The van der Waals surface area contributed by atoms with Crippen LogP contribution in [0.5, 0.6) is 0 Å². The second kappa shape index (κ2) is 3.62. The number of nitrogens with zero attached hydrogens (tertiary/aromatic N) is 2. The monoisotopic (exact) mass is 207 g/mol. The van der Waals surface area contributed by atoms with Gasteiger partial charge < -0.3 is 5.73 Å². The summed E-state index contributed by atoms with van der Waals surface area (Å²) < 4.78 is 15.1. The minimum Gasteiger partial charge on any atom is -0.328 e. The van der Waals surface area contributed by atoms with Gasteiger partial charge in [-0.15, -0.1) is 0 Å². The van der Waals surface area contributed by atoms with Crippen LogP contribution in [-0.4, -0.2) is 15.8 Å². The standard InChI is InChI=1S/C11H14FN3/c1-7(13)6-10-8-4-3-5-9(12)11(8)15(2)14-10/h3-5,7H,6,13H2,1-2H3. The first kappa shape index (κ1) is 10.1. The summed E-state index contributed by atoms with van der Waals surface area (Å²) in [6, 6.07) is 5.05. The lowest BCUT2D eigenvalue weighted by molar-refractivity contribution is 0.623. The Morgan fingerprint density at radius 1 is 1.53 bits per heavy atom. The Bertz CT molecular complexity index is 488. The van der Waals surface area contributed by atoms with Gasteiger partial charge in [0.15, 0.2) is 0 Å². The van der Waals surface area contributed by atoms with E-state index in [-0.39, 0.29) is 11.9 Å². The number of nitrogens with two attached hydrogens (primary N) is 1. The van der Waals surface area contributed by atoms with Crippen LogP contribution in [0.4, 0.5) is 4.39 Å². The molecule has 0 spiro atoms. The number of fused-ring (bicyclic) bond motifs is 1. The van der Waals surface area contributed by atoms with Gasteiger partial charge in [0.25, 0.3) is 0 Å². The van der Waals surface area contributed by atoms with E-state index in [2.05, 4.69) is 5.10 Å². The van der Waals surface area contributed by atoms with E-state index in [1.807, 2.05) is 13.0 Å². The van der Waals surface area contributed by atoms with Crippen molar-refractivity contribution in [3.8, 4) is 0 Å².